The van der Waals surface area contributed by atoms with Crippen LogP contribution in [0.25, 0.3) is 4.13 Å². The summed E-state index contributed by atoms with van der Waals surface area (Å²) in [6, 6.07) is 0. The highest BCUT2D eigenvalue weighted by Crippen LogP contribution is 2.47. The summed E-state index contributed by atoms with van der Waals surface area (Å²) in [5.41, 5.74) is 0. The van der Waals surface area contributed by atoms with Crippen LogP contribution in [-0.2, 0) is 33.6 Å². The van der Waals surface area contributed by atoms with Gasteiger partial charge in [-0.05, 0) is 12.8 Å². The molecule has 1 heterocycles. The second-order valence-electron chi connectivity index (χ2n) is 7.14. The number of imidazole rings is 1. The average molecular weight is 575 g/mol. The molecule has 0 aliphatic carbocycles. The summed E-state index contributed by atoms with van der Waals surface area (Å²) in [5, 5.41) is -14.0. The molecule has 0 fully saturated rings. The summed E-state index contributed by atoms with van der Waals surface area (Å²) in [6.07, 6.45) is 0.634. The van der Waals surface area contributed by atoms with Gasteiger partial charge in [0.15, 0.2) is 20.0 Å². The Kier molecular flexibility index (Phi) is 11.5. The van der Waals surface area contributed by atoms with E-state index in [1.807, 2.05) is 0 Å². The smallest absolute Gasteiger partial charge is 0.425 e. The molecular formula is C16H23F10N3O4S2. The Bertz CT molecular complexity index is 950. The zero-order chi connectivity index (χ0) is 27.9. The molecule has 0 aromatic carbocycles. The van der Waals surface area contributed by atoms with Crippen molar-refractivity contribution in [2.75, 3.05) is 0 Å². The number of rotatable bonds is 11. The van der Waals surface area contributed by atoms with Crippen molar-refractivity contribution in [1.29, 1.82) is 0 Å². The minimum Gasteiger partial charge on any atom is -0.425 e. The van der Waals surface area contributed by atoms with Crippen molar-refractivity contribution >= 4 is 20.0 Å². The van der Waals surface area contributed by atoms with Gasteiger partial charge < -0.3 is 4.13 Å². The number of halogens is 10. The van der Waals surface area contributed by atoms with Crippen LogP contribution in [-0.4, -0.2) is 44.3 Å². The average Bonchev–Trinajstić information content (AvgIpc) is 3.07. The lowest BCUT2D eigenvalue weighted by atomic mass is 10.1. The fourth-order valence-electron chi connectivity index (χ4n) is 2.22. The van der Waals surface area contributed by atoms with Crippen LogP contribution in [0.1, 0.15) is 45.4 Å². The highest BCUT2D eigenvalue weighted by Gasteiger charge is 2.68. The van der Waals surface area contributed by atoms with Crippen LogP contribution in [0.5, 0.6) is 0 Å². The third kappa shape index (κ3) is 9.07. The molecule has 1 aromatic rings. The van der Waals surface area contributed by atoms with E-state index in [2.05, 4.69) is 41.8 Å². The first kappa shape index (κ1) is 33.4. The molecule has 0 saturated heterocycles. The molecule has 7 nitrogen and oxygen atoms in total. The van der Waals surface area contributed by atoms with Crippen molar-refractivity contribution in [3.63, 3.8) is 0 Å². The van der Waals surface area contributed by atoms with Crippen molar-refractivity contribution in [3.05, 3.63) is 22.8 Å². The second kappa shape index (κ2) is 12.1. The largest absolute Gasteiger partial charge is 0.467 e. The van der Waals surface area contributed by atoms with Gasteiger partial charge in [-0.2, -0.15) is 43.9 Å². The van der Waals surface area contributed by atoms with E-state index in [0.29, 0.717) is 4.13 Å². The number of nitrogens with zero attached hydrogens (tertiary/aromatic N) is 3. The maximum atomic E-state index is 12.3. The van der Waals surface area contributed by atoms with Gasteiger partial charge in [0, 0.05) is 0 Å². The maximum absolute atomic E-state index is 12.3. The first-order valence-electron chi connectivity index (χ1n) is 9.67. The van der Waals surface area contributed by atoms with Crippen molar-refractivity contribution in [2.45, 2.75) is 74.9 Å². The minimum absolute atomic E-state index is 0.422. The van der Waals surface area contributed by atoms with Gasteiger partial charge in [-0.3, -0.25) is 0 Å². The fourth-order valence-corrected chi connectivity index (χ4v) is 4.59. The molecule has 0 aliphatic heterocycles. The molecule has 35 heavy (non-hydrogen) atoms. The second-order valence-corrected chi connectivity index (χ2v) is 10.7. The Labute approximate surface area is 195 Å². The lowest BCUT2D eigenvalue weighted by molar-refractivity contribution is -0.671. The molecule has 0 unspecified atom stereocenters. The summed E-state index contributed by atoms with van der Waals surface area (Å²) in [6.45, 7) is 3.44. The van der Waals surface area contributed by atoms with Crippen molar-refractivity contribution in [3.8, 4) is 0 Å². The predicted molar refractivity (Wildman–Crippen MR) is 102 cm³/mol. The van der Waals surface area contributed by atoms with Gasteiger partial charge in [0.05, 0.1) is 13.6 Å². The van der Waals surface area contributed by atoms with Crippen LogP contribution < -0.4 is 4.57 Å². The number of sulfonamides is 2. The quantitative estimate of drug-likeness (QED) is 0.211. The predicted octanol–water partition coefficient (Wildman–Crippen LogP) is 5.00. The number of aromatic nitrogens is 2. The third-order valence-electron chi connectivity index (χ3n) is 4.10. The summed E-state index contributed by atoms with van der Waals surface area (Å²) in [7, 11) is -13.2. The van der Waals surface area contributed by atoms with Crippen molar-refractivity contribution in [2.24, 2.45) is 7.05 Å². The molecule has 0 spiro atoms. The zero-order valence-corrected chi connectivity index (χ0v) is 19.9. The highest BCUT2D eigenvalue weighted by atomic mass is 32.3. The van der Waals surface area contributed by atoms with Gasteiger partial charge >= 0.3 is 22.9 Å². The third-order valence-corrected chi connectivity index (χ3v) is 7.43. The summed E-state index contributed by atoms with van der Waals surface area (Å²) in [4.78, 5) is 0. The zero-order valence-electron chi connectivity index (χ0n) is 18.3. The fraction of sp³-hybridized carbons (Fsp3) is 0.812. The maximum Gasteiger partial charge on any atom is 0.467 e. The SMILES string of the molecule is CCCCCCCCn1cc[n+](C)c1.O=S(=O)([N-]S(=O)(=O)C(F)(F)C(F)(F)F)C(F)(F)C(F)(F)F. The van der Waals surface area contributed by atoms with Crippen LogP contribution in [0.3, 0.4) is 0 Å². The number of alkyl halides is 10. The summed E-state index contributed by atoms with van der Waals surface area (Å²) in [5.74, 6) is 0. The van der Waals surface area contributed by atoms with Crippen LogP contribution in [0.4, 0.5) is 43.9 Å². The first-order chi connectivity index (χ1) is 15.5. The summed E-state index contributed by atoms with van der Waals surface area (Å²) < 4.78 is 165. The molecule has 0 N–H and O–H groups in total. The molecule has 0 bridgehead atoms. The van der Waals surface area contributed by atoms with E-state index < -0.39 is 42.9 Å². The van der Waals surface area contributed by atoms with Crippen LogP contribution in [0.15, 0.2) is 18.7 Å². The van der Waals surface area contributed by atoms with Crippen molar-refractivity contribution < 1.29 is 65.3 Å². The van der Waals surface area contributed by atoms with Gasteiger partial charge in [-0.25, -0.2) is 26.0 Å². The molecule has 0 radical (unpaired) electrons. The van der Waals surface area contributed by atoms with E-state index in [1.54, 1.807) is 0 Å². The molecule has 0 amide bonds. The molecule has 1 rings (SSSR count). The number of hydrogen-bond donors (Lipinski definition) is 0. The van der Waals surface area contributed by atoms with E-state index in [0.717, 1.165) is 0 Å². The van der Waals surface area contributed by atoms with Crippen LogP contribution in [0.2, 0.25) is 0 Å². The lowest BCUT2D eigenvalue weighted by Gasteiger charge is -2.31. The van der Waals surface area contributed by atoms with Gasteiger partial charge in [0.25, 0.3) is 0 Å². The molecular weight excluding hydrogens is 552 g/mol. The normalized spacial score (nSPS) is 13.9. The van der Waals surface area contributed by atoms with Crippen LogP contribution >= 0.6 is 0 Å². The molecule has 0 aliphatic rings. The Morgan fingerprint density at radius 3 is 1.49 bits per heavy atom. The molecule has 0 saturated carbocycles. The Morgan fingerprint density at radius 1 is 0.743 bits per heavy atom. The first-order valence-corrected chi connectivity index (χ1v) is 12.5. The minimum atomic E-state index is -7.62. The summed E-state index contributed by atoms with van der Waals surface area (Å²) >= 11 is 0. The van der Waals surface area contributed by atoms with Crippen LogP contribution in [0, 0.1) is 0 Å². The van der Waals surface area contributed by atoms with Gasteiger partial charge in [-0.1, -0.05) is 32.6 Å². The van der Waals surface area contributed by atoms with E-state index in [1.165, 1.54) is 45.1 Å². The molecule has 1 aromatic heterocycles. The lowest BCUT2D eigenvalue weighted by Crippen LogP contribution is -2.48. The van der Waals surface area contributed by atoms with Gasteiger partial charge in [-0.15, -0.1) is 0 Å². The molecule has 19 heteroatoms. The topological polar surface area (TPSA) is 91.2 Å². The van der Waals surface area contributed by atoms with Crippen molar-refractivity contribution in [1.82, 2.24) is 4.57 Å². The Balaban J connectivity index is 0.000000712. The molecule has 208 valence electrons. The molecule has 0 atom stereocenters. The number of hydrogen-bond acceptors (Lipinski definition) is 4. The van der Waals surface area contributed by atoms with E-state index in [-0.39, 0.29) is 0 Å². The van der Waals surface area contributed by atoms with E-state index in [4.69, 9.17) is 0 Å². The van der Waals surface area contributed by atoms with Gasteiger partial charge in [0.1, 0.15) is 12.4 Å². The standard InChI is InChI=1S/C12H23N2.C4F10NO4S2/c1-3-4-5-6-7-8-9-14-11-10-13(2)12-14;5-1(6,7)3(11,12)20(16,17)15-21(18,19)4(13,14)2(8,9)10/h10-12H,3-9H2,1-2H3;/q+1;-1. The number of unbranched alkanes of at least 4 members (excludes halogenated alkanes) is 5. The van der Waals surface area contributed by atoms with Gasteiger partial charge in [0.2, 0.25) is 6.33 Å². The monoisotopic (exact) mass is 575 g/mol. The Hall–Kier alpha value is -1.63. The number of aryl methyl sites for hydroxylation is 2. The Morgan fingerprint density at radius 2 is 1.14 bits per heavy atom. The van der Waals surface area contributed by atoms with E-state index >= 15 is 0 Å². The van der Waals surface area contributed by atoms with E-state index in [9.17, 15) is 60.7 Å². The highest BCUT2D eigenvalue weighted by molar-refractivity contribution is 8.13.